The summed E-state index contributed by atoms with van der Waals surface area (Å²) < 4.78 is 35.0. The van der Waals surface area contributed by atoms with Gasteiger partial charge in [0.1, 0.15) is 12.3 Å². The lowest BCUT2D eigenvalue weighted by Gasteiger charge is -2.30. The molecule has 9 heteroatoms. The number of hydrogen-bond donors (Lipinski definition) is 2. The third-order valence-electron chi connectivity index (χ3n) is 3.98. The van der Waals surface area contributed by atoms with Gasteiger partial charge in [-0.25, -0.2) is 9.29 Å². The van der Waals surface area contributed by atoms with Crippen molar-refractivity contribution >= 4 is 21.8 Å². The van der Waals surface area contributed by atoms with Crippen LogP contribution in [0.3, 0.4) is 0 Å². The van der Waals surface area contributed by atoms with Crippen LogP contribution in [0.4, 0.5) is 5.69 Å². The van der Waals surface area contributed by atoms with Gasteiger partial charge in [0.05, 0.1) is 12.1 Å². The molecule has 1 amide bonds. The van der Waals surface area contributed by atoms with Gasteiger partial charge in [0.25, 0.3) is 5.91 Å². The van der Waals surface area contributed by atoms with Crippen LogP contribution in [0.15, 0.2) is 42.6 Å². The zero-order valence-corrected chi connectivity index (χ0v) is 16.9. The molecule has 28 heavy (non-hydrogen) atoms. The summed E-state index contributed by atoms with van der Waals surface area (Å²) in [5, 5.41) is 2.84. The summed E-state index contributed by atoms with van der Waals surface area (Å²) in [5.41, 5.74) is 0.929. The fourth-order valence-corrected chi connectivity index (χ4v) is 3.92. The summed E-state index contributed by atoms with van der Waals surface area (Å²) >= 11 is 0. The van der Waals surface area contributed by atoms with Crippen molar-refractivity contribution < 1.29 is 17.9 Å². The van der Waals surface area contributed by atoms with Gasteiger partial charge in [0.2, 0.25) is 5.88 Å². The average molecular weight is 404 g/mol. The first-order valence-electron chi connectivity index (χ1n) is 8.92. The number of anilines is 1. The minimum absolute atomic E-state index is 0.128. The first-order chi connectivity index (χ1) is 13.2. The Labute approximate surface area is 165 Å². The Morgan fingerprint density at radius 2 is 1.96 bits per heavy atom. The molecule has 0 fully saturated rings. The van der Waals surface area contributed by atoms with Crippen LogP contribution in [0, 0.1) is 0 Å². The van der Waals surface area contributed by atoms with E-state index < -0.39 is 15.7 Å². The van der Waals surface area contributed by atoms with Crippen molar-refractivity contribution in [2.24, 2.45) is 0 Å². The molecule has 0 unspecified atom stereocenters. The van der Waals surface area contributed by atoms with E-state index in [0.29, 0.717) is 0 Å². The lowest BCUT2D eigenvalue weighted by molar-refractivity contribution is 0.0919. The summed E-state index contributed by atoms with van der Waals surface area (Å²) in [6.45, 7) is 6.06. The van der Waals surface area contributed by atoms with Crippen LogP contribution < -0.4 is 19.1 Å². The quantitative estimate of drug-likeness (QED) is 0.792. The normalized spacial score (nSPS) is 14.2. The second-order valence-electron chi connectivity index (χ2n) is 7.48. The van der Waals surface area contributed by atoms with Gasteiger partial charge in [-0.1, -0.05) is 30.3 Å². The van der Waals surface area contributed by atoms with Gasteiger partial charge in [-0.15, -0.1) is 0 Å². The molecule has 0 atom stereocenters. The second kappa shape index (κ2) is 7.76. The lowest BCUT2D eigenvalue weighted by atomic mass is 10.1. The van der Waals surface area contributed by atoms with Crippen molar-refractivity contribution in [1.29, 1.82) is 0 Å². The van der Waals surface area contributed by atoms with Gasteiger partial charge < -0.3 is 10.1 Å². The van der Waals surface area contributed by atoms with E-state index >= 15 is 0 Å². The predicted octanol–water partition coefficient (Wildman–Crippen LogP) is 1.84. The van der Waals surface area contributed by atoms with Crippen molar-refractivity contribution in [2.45, 2.75) is 32.9 Å². The minimum Gasteiger partial charge on any atom is -0.474 e. The van der Waals surface area contributed by atoms with Gasteiger partial charge in [-0.2, -0.15) is 13.1 Å². The van der Waals surface area contributed by atoms with E-state index in [1.165, 1.54) is 16.6 Å². The SMILES string of the molecule is CC(C)(C)NC(=O)c1cnc2c(c1)N(S(=O)(=O)NCc1ccccc1)CCO2. The summed E-state index contributed by atoms with van der Waals surface area (Å²) in [6.07, 6.45) is 1.38. The second-order valence-corrected chi connectivity index (χ2v) is 9.16. The van der Waals surface area contributed by atoms with E-state index in [-0.39, 0.29) is 42.7 Å². The molecular formula is C19H24N4O4S. The highest BCUT2D eigenvalue weighted by atomic mass is 32.2. The van der Waals surface area contributed by atoms with Crippen molar-refractivity contribution in [3.8, 4) is 5.88 Å². The number of nitrogens with one attached hydrogen (secondary N) is 2. The molecule has 0 saturated heterocycles. The van der Waals surface area contributed by atoms with E-state index in [1.54, 1.807) is 0 Å². The lowest BCUT2D eigenvalue weighted by Crippen LogP contribution is -2.45. The maximum atomic E-state index is 12.9. The van der Waals surface area contributed by atoms with E-state index in [1.807, 2.05) is 51.1 Å². The molecule has 0 saturated carbocycles. The first kappa shape index (κ1) is 20.1. The molecule has 3 rings (SSSR count). The summed E-state index contributed by atoms with van der Waals surface area (Å²) in [6, 6.07) is 10.7. The third-order valence-corrected chi connectivity index (χ3v) is 5.45. The molecule has 2 heterocycles. The molecule has 1 aliphatic rings. The first-order valence-corrected chi connectivity index (χ1v) is 10.4. The Kier molecular flexibility index (Phi) is 5.57. The Bertz CT molecular complexity index is 956. The summed E-state index contributed by atoms with van der Waals surface area (Å²) in [4.78, 5) is 16.6. The Balaban J connectivity index is 1.84. The fourth-order valence-electron chi connectivity index (χ4n) is 2.71. The average Bonchev–Trinajstić information content (AvgIpc) is 2.65. The number of pyridine rings is 1. The van der Waals surface area contributed by atoms with Crippen LogP contribution in [-0.4, -0.2) is 38.0 Å². The molecule has 2 N–H and O–H groups in total. The van der Waals surface area contributed by atoms with E-state index in [4.69, 9.17) is 4.74 Å². The van der Waals surface area contributed by atoms with Crippen LogP contribution in [0.2, 0.25) is 0 Å². The highest BCUT2D eigenvalue weighted by Crippen LogP contribution is 2.32. The van der Waals surface area contributed by atoms with Crippen LogP contribution in [0.25, 0.3) is 0 Å². The molecule has 0 spiro atoms. The number of carbonyl (C=O) groups excluding carboxylic acids is 1. The zero-order valence-electron chi connectivity index (χ0n) is 16.1. The number of carbonyl (C=O) groups is 1. The molecule has 0 bridgehead atoms. The number of ether oxygens (including phenoxy) is 1. The van der Waals surface area contributed by atoms with Crippen LogP contribution in [0.5, 0.6) is 5.88 Å². The summed E-state index contributed by atoms with van der Waals surface area (Å²) in [7, 11) is -3.84. The number of rotatable bonds is 5. The number of benzene rings is 1. The van der Waals surface area contributed by atoms with Crippen LogP contribution in [0.1, 0.15) is 36.7 Å². The van der Waals surface area contributed by atoms with E-state index in [9.17, 15) is 13.2 Å². The maximum Gasteiger partial charge on any atom is 0.302 e. The molecule has 1 aromatic carbocycles. The van der Waals surface area contributed by atoms with Crippen molar-refractivity contribution in [3.63, 3.8) is 0 Å². The van der Waals surface area contributed by atoms with Crippen molar-refractivity contribution in [1.82, 2.24) is 15.0 Å². The van der Waals surface area contributed by atoms with Crippen LogP contribution >= 0.6 is 0 Å². The Hall–Kier alpha value is -2.65. The number of hydrogen-bond acceptors (Lipinski definition) is 5. The number of aromatic nitrogens is 1. The molecular weight excluding hydrogens is 380 g/mol. The van der Waals surface area contributed by atoms with Crippen LogP contribution in [-0.2, 0) is 16.8 Å². The smallest absolute Gasteiger partial charge is 0.302 e. The topological polar surface area (TPSA) is 101 Å². The summed E-state index contributed by atoms with van der Waals surface area (Å²) in [5.74, 6) is -0.147. The Morgan fingerprint density at radius 1 is 1.25 bits per heavy atom. The zero-order chi connectivity index (χ0) is 20.4. The largest absolute Gasteiger partial charge is 0.474 e. The molecule has 1 aliphatic heterocycles. The highest BCUT2D eigenvalue weighted by Gasteiger charge is 2.30. The van der Waals surface area contributed by atoms with Gasteiger partial charge in [-0.05, 0) is 32.4 Å². The highest BCUT2D eigenvalue weighted by molar-refractivity contribution is 7.90. The van der Waals surface area contributed by atoms with Gasteiger partial charge in [-0.3, -0.25) is 4.79 Å². The standard InChI is InChI=1S/C19H24N4O4S/c1-19(2,3)22-17(24)15-11-16-18(20-13-15)27-10-9-23(16)28(25,26)21-12-14-7-5-4-6-8-14/h4-8,11,13,21H,9-10,12H2,1-3H3,(H,22,24). The molecule has 1 aromatic heterocycles. The number of amides is 1. The Morgan fingerprint density at radius 3 is 2.64 bits per heavy atom. The number of fused-ring (bicyclic) bond motifs is 1. The maximum absolute atomic E-state index is 12.9. The van der Waals surface area contributed by atoms with Crippen molar-refractivity contribution in [3.05, 3.63) is 53.7 Å². The van der Waals surface area contributed by atoms with E-state index in [2.05, 4.69) is 15.0 Å². The van der Waals surface area contributed by atoms with Gasteiger partial charge in [0.15, 0.2) is 0 Å². The van der Waals surface area contributed by atoms with Gasteiger partial charge >= 0.3 is 10.2 Å². The minimum atomic E-state index is -3.84. The predicted molar refractivity (Wildman–Crippen MR) is 106 cm³/mol. The van der Waals surface area contributed by atoms with Crippen molar-refractivity contribution in [2.75, 3.05) is 17.5 Å². The molecule has 0 radical (unpaired) electrons. The molecule has 150 valence electrons. The molecule has 0 aliphatic carbocycles. The fraction of sp³-hybridized carbons (Fsp3) is 0.368. The molecule has 2 aromatic rings. The third kappa shape index (κ3) is 4.79. The monoisotopic (exact) mass is 404 g/mol. The van der Waals surface area contributed by atoms with E-state index in [0.717, 1.165) is 5.56 Å². The van der Waals surface area contributed by atoms with Gasteiger partial charge in [0, 0.05) is 18.3 Å². The number of nitrogens with zero attached hydrogens (tertiary/aromatic N) is 2. The molecule has 8 nitrogen and oxygen atoms in total.